The van der Waals surface area contributed by atoms with Gasteiger partial charge in [0.05, 0.1) is 35.7 Å². The quantitative estimate of drug-likeness (QED) is 0.609. The van der Waals surface area contributed by atoms with Gasteiger partial charge in [-0.3, -0.25) is 4.79 Å². The van der Waals surface area contributed by atoms with E-state index in [1.807, 2.05) is 30.3 Å². The van der Waals surface area contributed by atoms with Gasteiger partial charge >= 0.3 is 0 Å². The first-order chi connectivity index (χ1) is 12.5. The molecule has 3 aromatic rings. The molecule has 2 heterocycles. The maximum atomic E-state index is 13.0. The largest absolute Gasteiger partial charge is 0.397 e. The summed E-state index contributed by atoms with van der Waals surface area (Å²) in [6.45, 7) is 0.386. The summed E-state index contributed by atoms with van der Waals surface area (Å²) in [5.41, 5.74) is 22.5. The minimum atomic E-state index is -0.0417. The van der Waals surface area contributed by atoms with Gasteiger partial charge in [0.2, 0.25) is 11.9 Å². The molecule has 1 aromatic heterocycles. The third-order valence-corrected chi connectivity index (χ3v) is 4.47. The van der Waals surface area contributed by atoms with Gasteiger partial charge in [-0.15, -0.1) is 0 Å². The average Bonchev–Trinajstić information content (AvgIpc) is 2.74. The number of rotatable bonds is 2. The van der Waals surface area contributed by atoms with Crippen LogP contribution in [-0.2, 0) is 17.8 Å². The van der Waals surface area contributed by atoms with Gasteiger partial charge in [0.25, 0.3) is 0 Å². The van der Waals surface area contributed by atoms with Crippen molar-refractivity contribution >= 4 is 28.9 Å². The van der Waals surface area contributed by atoms with E-state index in [1.54, 1.807) is 23.2 Å². The maximum Gasteiger partial charge on any atom is 0.231 e. The van der Waals surface area contributed by atoms with Gasteiger partial charge < -0.3 is 22.1 Å². The number of nitrogens with two attached hydrogens (primary N) is 3. The van der Waals surface area contributed by atoms with Crippen LogP contribution in [0, 0.1) is 0 Å². The molecule has 7 nitrogen and oxygen atoms in total. The highest BCUT2D eigenvalue weighted by Gasteiger charge is 2.27. The van der Waals surface area contributed by atoms with Gasteiger partial charge in [0.1, 0.15) is 0 Å². The van der Waals surface area contributed by atoms with E-state index in [9.17, 15) is 4.79 Å². The smallest absolute Gasteiger partial charge is 0.231 e. The molecule has 1 aliphatic heterocycles. The highest BCUT2D eigenvalue weighted by molar-refractivity contribution is 6.01. The Hall–Kier alpha value is -3.61. The zero-order valence-electron chi connectivity index (χ0n) is 14.0. The van der Waals surface area contributed by atoms with Crippen molar-refractivity contribution in [2.75, 3.05) is 22.1 Å². The lowest BCUT2D eigenvalue weighted by molar-refractivity contribution is -0.118. The summed E-state index contributed by atoms with van der Waals surface area (Å²) >= 11 is 0. The van der Waals surface area contributed by atoms with Crippen molar-refractivity contribution in [3.8, 4) is 11.3 Å². The molecule has 6 N–H and O–H groups in total. The molecule has 0 spiro atoms. The minimum Gasteiger partial charge on any atom is -0.397 e. The van der Waals surface area contributed by atoms with Gasteiger partial charge in [-0.05, 0) is 23.8 Å². The van der Waals surface area contributed by atoms with Crippen molar-refractivity contribution in [1.82, 2.24) is 9.97 Å². The summed E-state index contributed by atoms with van der Waals surface area (Å²) in [5.74, 6) is 0.144. The van der Waals surface area contributed by atoms with Crippen LogP contribution in [0.4, 0.5) is 23.0 Å². The lowest BCUT2D eigenvalue weighted by atomic mass is 10.1. The van der Waals surface area contributed by atoms with Crippen molar-refractivity contribution in [1.29, 1.82) is 0 Å². The molecule has 0 saturated carbocycles. The number of carbonyl (C=O) groups is 1. The van der Waals surface area contributed by atoms with Gasteiger partial charge in [0, 0.05) is 17.3 Å². The Balaban J connectivity index is 1.82. The van der Waals surface area contributed by atoms with E-state index in [4.69, 9.17) is 17.2 Å². The van der Waals surface area contributed by atoms with Crippen LogP contribution >= 0.6 is 0 Å². The normalized spacial score (nSPS) is 13.1. The highest BCUT2D eigenvalue weighted by atomic mass is 16.2. The lowest BCUT2D eigenvalue weighted by Gasteiger charge is -2.23. The van der Waals surface area contributed by atoms with Crippen LogP contribution in [0.15, 0.2) is 48.7 Å². The molecule has 0 unspecified atom stereocenters. The second kappa shape index (κ2) is 6.03. The van der Waals surface area contributed by atoms with Crippen LogP contribution in [0.3, 0.4) is 0 Å². The number of hydrogen-bond acceptors (Lipinski definition) is 6. The Morgan fingerprint density at radius 2 is 1.85 bits per heavy atom. The van der Waals surface area contributed by atoms with Crippen LogP contribution in [0.5, 0.6) is 0 Å². The standard InChI is InChI=1S/C19H18N6O/c20-14-6-5-11(7-15(14)21)10-25-16-4-2-1-3-13(16)18-12(8-17(25)26)9-23-19(22)24-18/h1-7,9H,8,10,20-21H2,(H2,22,23,24). The van der Waals surface area contributed by atoms with Crippen molar-refractivity contribution in [2.45, 2.75) is 13.0 Å². The zero-order valence-corrected chi connectivity index (χ0v) is 14.0. The van der Waals surface area contributed by atoms with Gasteiger partial charge in [0.15, 0.2) is 0 Å². The fourth-order valence-electron chi connectivity index (χ4n) is 3.16. The number of fused-ring (bicyclic) bond motifs is 3. The molecule has 0 saturated heterocycles. The molecule has 1 aliphatic rings. The molecule has 0 radical (unpaired) electrons. The molecule has 0 fully saturated rings. The second-order valence-corrected chi connectivity index (χ2v) is 6.24. The molecular formula is C19H18N6O. The number of hydrogen-bond donors (Lipinski definition) is 3. The number of para-hydroxylation sites is 1. The predicted octanol–water partition coefficient (Wildman–Crippen LogP) is 1.98. The number of nitrogen functional groups attached to an aromatic ring is 3. The van der Waals surface area contributed by atoms with Crippen LogP contribution in [0.25, 0.3) is 11.3 Å². The number of nitrogens with zero attached hydrogens (tertiary/aromatic N) is 3. The van der Waals surface area contributed by atoms with Crippen LogP contribution in [0.1, 0.15) is 11.1 Å². The van der Waals surface area contributed by atoms with Crippen LogP contribution in [0.2, 0.25) is 0 Å². The third-order valence-electron chi connectivity index (χ3n) is 4.47. The minimum absolute atomic E-state index is 0.0417. The first-order valence-electron chi connectivity index (χ1n) is 8.18. The topological polar surface area (TPSA) is 124 Å². The number of anilines is 4. The van der Waals surface area contributed by atoms with E-state index < -0.39 is 0 Å². The van der Waals surface area contributed by atoms with Crippen LogP contribution in [-0.4, -0.2) is 15.9 Å². The van der Waals surface area contributed by atoms with Gasteiger partial charge in [-0.1, -0.05) is 24.3 Å². The number of benzene rings is 2. The van der Waals surface area contributed by atoms with Crippen molar-refractivity contribution < 1.29 is 4.79 Å². The Kier molecular flexibility index (Phi) is 3.69. The zero-order chi connectivity index (χ0) is 18.3. The number of amides is 1. The summed E-state index contributed by atoms with van der Waals surface area (Å²) in [7, 11) is 0. The first-order valence-corrected chi connectivity index (χ1v) is 8.18. The fraction of sp³-hybridized carbons (Fsp3) is 0.105. The summed E-state index contributed by atoms with van der Waals surface area (Å²) in [4.78, 5) is 23.1. The van der Waals surface area contributed by atoms with Crippen molar-refractivity contribution in [3.63, 3.8) is 0 Å². The number of aromatic nitrogens is 2. The van der Waals surface area contributed by atoms with E-state index in [2.05, 4.69) is 9.97 Å². The Morgan fingerprint density at radius 1 is 1.04 bits per heavy atom. The molecular weight excluding hydrogens is 328 g/mol. The molecule has 26 heavy (non-hydrogen) atoms. The molecule has 4 rings (SSSR count). The van der Waals surface area contributed by atoms with Crippen molar-refractivity contribution in [2.24, 2.45) is 0 Å². The van der Waals surface area contributed by atoms with Crippen molar-refractivity contribution in [3.05, 3.63) is 59.8 Å². The van der Waals surface area contributed by atoms with E-state index in [0.717, 1.165) is 22.4 Å². The van der Waals surface area contributed by atoms with E-state index in [0.29, 0.717) is 23.6 Å². The Bertz CT molecular complexity index is 1020. The Morgan fingerprint density at radius 3 is 2.65 bits per heavy atom. The summed E-state index contributed by atoms with van der Waals surface area (Å²) in [6.07, 6.45) is 1.83. The van der Waals surface area contributed by atoms with E-state index in [-0.39, 0.29) is 18.3 Å². The summed E-state index contributed by atoms with van der Waals surface area (Å²) in [5, 5.41) is 0. The molecule has 0 atom stereocenters. The fourth-order valence-corrected chi connectivity index (χ4v) is 3.16. The monoisotopic (exact) mass is 346 g/mol. The molecule has 0 aliphatic carbocycles. The predicted molar refractivity (Wildman–Crippen MR) is 102 cm³/mol. The molecule has 130 valence electrons. The molecule has 0 bridgehead atoms. The third kappa shape index (κ3) is 2.69. The lowest BCUT2D eigenvalue weighted by Crippen LogP contribution is -2.31. The van der Waals surface area contributed by atoms with Gasteiger partial charge in [-0.25, -0.2) is 9.97 Å². The molecule has 7 heteroatoms. The Labute approximate surface area is 150 Å². The van der Waals surface area contributed by atoms with Gasteiger partial charge in [-0.2, -0.15) is 0 Å². The highest BCUT2D eigenvalue weighted by Crippen LogP contribution is 2.36. The summed E-state index contributed by atoms with van der Waals surface area (Å²) in [6, 6.07) is 13.1. The van der Waals surface area contributed by atoms with E-state index >= 15 is 0 Å². The molecule has 1 amide bonds. The summed E-state index contributed by atoms with van der Waals surface area (Å²) < 4.78 is 0. The first kappa shape index (κ1) is 15.9. The second-order valence-electron chi connectivity index (χ2n) is 6.24. The average molecular weight is 346 g/mol. The maximum absolute atomic E-state index is 13.0. The molecule has 2 aromatic carbocycles. The SMILES string of the molecule is Nc1ncc2c(n1)-c1ccccc1N(Cc1ccc(N)c(N)c1)C(=O)C2. The van der Waals surface area contributed by atoms with E-state index in [1.165, 1.54) is 0 Å². The number of carbonyl (C=O) groups excluding carboxylic acids is 1. The van der Waals surface area contributed by atoms with Crippen LogP contribution < -0.4 is 22.1 Å².